The molecule has 0 spiro atoms. The minimum Gasteiger partial charge on any atom is -0.494 e. The zero-order valence-electron chi connectivity index (χ0n) is 15.9. The number of nitrogens with one attached hydrogen (secondary N) is 1. The van der Waals surface area contributed by atoms with Gasteiger partial charge in [-0.1, -0.05) is 0 Å². The molecule has 0 fully saturated rings. The summed E-state index contributed by atoms with van der Waals surface area (Å²) in [6, 6.07) is 8.57. The fourth-order valence-electron chi connectivity index (χ4n) is 2.43. The molecule has 1 N–H and O–H groups in total. The topological polar surface area (TPSA) is 83.1 Å². The van der Waals surface area contributed by atoms with Gasteiger partial charge in [0, 0.05) is 18.6 Å². The largest absolute Gasteiger partial charge is 0.494 e. The summed E-state index contributed by atoms with van der Waals surface area (Å²) in [7, 11) is 4.14. The number of halogens is 1. The summed E-state index contributed by atoms with van der Waals surface area (Å²) in [6.07, 6.45) is 0.597. The van der Waals surface area contributed by atoms with Gasteiger partial charge in [0.2, 0.25) is 5.91 Å². The highest BCUT2D eigenvalue weighted by Gasteiger charge is 2.19. The van der Waals surface area contributed by atoms with E-state index in [0.29, 0.717) is 23.7 Å². The van der Waals surface area contributed by atoms with Gasteiger partial charge in [0.05, 0.1) is 39.2 Å². The van der Waals surface area contributed by atoms with Crippen molar-refractivity contribution < 1.29 is 32.9 Å². The van der Waals surface area contributed by atoms with Gasteiger partial charge in [-0.2, -0.15) is 0 Å². The van der Waals surface area contributed by atoms with Gasteiger partial charge in [-0.15, -0.1) is 0 Å². The maximum atomic E-state index is 12.8. The van der Waals surface area contributed by atoms with Crippen LogP contribution in [0.4, 0.5) is 10.1 Å². The highest BCUT2D eigenvalue weighted by Crippen LogP contribution is 2.33. The molecule has 1 amide bonds. The SMILES string of the molecule is COC(=O)c1cc(OC)c(OC)cc1NC(=O)CCCOc1ccc(F)cc1. The quantitative estimate of drug-likeness (QED) is 0.521. The van der Waals surface area contributed by atoms with Gasteiger partial charge in [0.25, 0.3) is 0 Å². The molecule has 2 aromatic rings. The lowest BCUT2D eigenvalue weighted by Crippen LogP contribution is -2.16. The zero-order valence-corrected chi connectivity index (χ0v) is 15.9. The molecule has 0 saturated carbocycles. The number of esters is 1. The summed E-state index contributed by atoms with van der Waals surface area (Å²) in [5, 5.41) is 2.68. The van der Waals surface area contributed by atoms with Gasteiger partial charge in [0.1, 0.15) is 11.6 Å². The molecule has 150 valence electrons. The average Bonchev–Trinajstić information content (AvgIpc) is 2.71. The molecule has 0 aliphatic heterocycles. The summed E-state index contributed by atoms with van der Waals surface area (Å²) >= 11 is 0. The third-order valence-electron chi connectivity index (χ3n) is 3.83. The van der Waals surface area contributed by atoms with E-state index in [1.54, 1.807) is 0 Å². The summed E-state index contributed by atoms with van der Waals surface area (Å²) in [6.45, 7) is 0.287. The van der Waals surface area contributed by atoms with Crippen LogP contribution >= 0.6 is 0 Å². The Balaban J connectivity index is 1.97. The molecule has 0 aliphatic rings. The molecule has 2 aromatic carbocycles. The van der Waals surface area contributed by atoms with Crippen LogP contribution in [-0.4, -0.2) is 39.8 Å². The van der Waals surface area contributed by atoms with E-state index in [1.807, 2.05) is 0 Å². The minimum absolute atomic E-state index is 0.149. The fraction of sp³-hybridized carbons (Fsp3) is 0.300. The molecule has 0 atom stereocenters. The molecule has 0 saturated heterocycles. The molecule has 0 bridgehead atoms. The van der Waals surface area contributed by atoms with Crippen molar-refractivity contribution in [2.45, 2.75) is 12.8 Å². The Morgan fingerprint density at radius 3 is 2.25 bits per heavy atom. The van der Waals surface area contributed by atoms with E-state index >= 15 is 0 Å². The number of hydrogen-bond acceptors (Lipinski definition) is 6. The molecule has 0 heterocycles. The van der Waals surface area contributed by atoms with Crippen molar-refractivity contribution in [1.82, 2.24) is 0 Å². The van der Waals surface area contributed by atoms with Crippen LogP contribution in [0.5, 0.6) is 17.2 Å². The van der Waals surface area contributed by atoms with Crippen LogP contribution in [0.3, 0.4) is 0 Å². The Hall–Kier alpha value is -3.29. The second-order valence-electron chi connectivity index (χ2n) is 5.70. The maximum Gasteiger partial charge on any atom is 0.340 e. The van der Waals surface area contributed by atoms with E-state index in [9.17, 15) is 14.0 Å². The second kappa shape index (κ2) is 10.1. The number of carbonyl (C=O) groups excluding carboxylic acids is 2. The van der Waals surface area contributed by atoms with E-state index in [-0.39, 0.29) is 36.0 Å². The fourth-order valence-corrected chi connectivity index (χ4v) is 2.43. The molecule has 7 nitrogen and oxygen atoms in total. The lowest BCUT2D eigenvalue weighted by molar-refractivity contribution is -0.116. The van der Waals surface area contributed by atoms with E-state index in [4.69, 9.17) is 18.9 Å². The van der Waals surface area contributed by atoms with Gasteiger partial charge in [-0.05, 0) is 30.7 Å². The van der Waals surface area contributed by atoms with Crippen molar-refractivity contribution >= 4 is 17.6 Å². The predicted molar refractivity (Wildman–Crippen MR) is 101 cm³/mol. The van der Waals surface area contributed by atoms with Crippen molar-refractivity contribution in [3.63, 3.8) is 0 Å². The number of benzene rings is 2. The summed E-state index contributed by atoms with van der Waals surface area (Å²) in [4.78, 5) is 24.3. The second-order valence-corrected chi connectivity index (χ2v) is 5.70. The minimum atomic E-state index is -0.615. The smallest absolute Gasteiger partial charge is 0.340 e. The van der Waals surface area contributed by atoms with Crippen LogP contribution in [-0.2, 0) is 9.53 Å². The number of hydrogen-bond donors (Lipinski definition) is 1. The van der Waals surface area contributed by atoms with Crippen LogP contribution in [0.1, 0.15) is 23.2 Å². The zero-order chi connectivity index (χ0) is 20.5. The van der Waals surface area contributed by atoms with Crippen molar-refractivity contribution in [3.8, 4) is 17.2 Å². The number of ether oxygens (including phenoxy) is 4. The summed E-state index contributed by atoms with van der Waals surface area (Å²) in [5.41, 5.74) is 0.407. The first kappa shape index (κ1) is 21.0. The highest BCUT2D eigenvalue weighted by molar-refractivity contribution is 6.02. The van der Waals surface area contributed by atoms with E-state index < -0.39 is 5.97 Å². The van der Waals surface area contributed by atoms with Gasteiger partial charge < -0.3 is 24.3 Å². The van der Waals surface area contributed by atoms with Crippen molar-refractivity contribution in [3.05, 3.63) is 47.8 Å². The van der Waals surface area contributed by atoms with Crippen molar-refractivity contribution in [1.29, 1.82) is 0 Å². The Kier molecular flexibility index (Phi) is 7.62. The van der Waals surface area contributed by atoms with Crippen LogP contribution in [0.25, 0.3) is 0 Å². The van der Waals surface area contributed by atoms with Crippen molar-refractivity contribution in [2.75, 3.05) is 33.3 Å². The van der Waals surface area contributed by atoms with Gasteiger partial charge >= 0.3 is 5.97 Å². The Morgan fingerprint density at radius 2 is 1.64 bits per heavy atom. The Morgan fingerprint density at radius 1 is 1.00 bits per heavy atom. The summed E-state index contributed by atoms with van der Waals surface area (Å²) in [5.74, 6) is -0.0348. The lowest BCUT2D eigenvalue weighted by atomic mass is 10.1. The van der Waals surface area contributed by atoms with E-state index in [1.165, 1.54) is 57.7 Å². The Labute approximate surface area is 162 Å². The third-order valence-corrected chi connectivity index (χ3v) is 3.83. The molecule has 0 radical (unpaired) electrons. The van der Waals surface area contributed by atoms with E-state index in [0.717, 1.165) is 0 Å². The van der Waals surface area contributed by atoms with Gasteiger partial charge in [-0.3, -0.25) is 4.79 Å². The number of amides is 1. The first-order valence-electron chi connectivity index (χ1n) is 8.51. The van der Waals surface area contributed by atoms with Gasteiger partial charge in [-0.25, -0.2) is 9.18 Å². The predicted octanol–water partition coefficient (Wildman–Crippen LogP) is 3.43. The molecule has 0 unspecified atom stereocenters. The van der Waals surface area contributed by atoms with Crippen LogP contribution in [0.15, 0.2) is 36.4 Å². The molecular weight excluding hydrogens is 369 g/mol. The first-order chi connectivity index (χ1) is 13.5. The highest BCUT2D eigenvalue weighted by atomic mass is 19.1. The normalized spacial score (nSPS) is 10.1. The average molecular weight is 391 g/mol. The van der Waals surface area contributed by atoms with Gasteiger partial charge in [0.15, 0.2) is 11.5 Å². The molecule has 2 rings (SSSR count). The molecule has 28 heavy (non-hydrogen) atoms. The Bertz CT molecular complexity index is 822. The van der Waals surface area contributed by atoms with Crippen LogP contribution < -0.4 is 19.5 Å². The monoisotopic (exact) mass is 391 g/mol. The molecule has 8 heteroatoms. The third kappa shape index (κ3) is 5.60. The maximum absolute atomic E-state index is 12.8. The summed E-state index contributed by atoms with van der Waals surface area (Å²) < 4.78 is 33.4. The molecule has 0 aromatic heterocycles. The first-order valence-corrected chi connectivity index (χ1v) is 8.51. The number of methoxy groups -OCH3 is 3. The lowest BCUT2D eigenvalue weighted by Gasteiger charge is -2.14. The number of carbonyl (C=O) groups is 2. The van der Waals surface area contributed by atoms with Crippen LogP contribution in [0.2, 0.25) is 0 Å². The molecule has 0 aliphatic carbocycles. The number of anilines is 1. The standard InChI is InChI=1S/C20H22FNO6/c1-25-17-11-15(20(24)27-3)16(12-18(17)26-2)22-19(23)5-4-10-28-14-8-6-13(21)7-9-14/h6-9,11-12H,4-5,10H2,1-3H3,(H,22,23). The van der Waals surface area contributed by atoms with Crippen LogP contribution in [0, 0.1) is 5.82 Å². The number of rotatable bonds is 9. The molecular formula is C20H22FNO6. The van der Waals surface area contributed by atoms with Crippen molar-refractivity contribution in [2.24, 2.45) is 0 Å². The van der Waals surface area contributed by atoms with E-state index in [2.05, 4.69) is 5.32 Å².